The molecule has 2 rings (SSSR count). The SMILES string of the molecule is CC1(NS(=O)(=O)c2ccc(C(=O)O)s2)CCCCC1. The Morgan fingerprint density at radius 2 is 1.95 bits per heavy atom. The van der Waals surface area contributed by atoms with E-state index in [-0.39, 0.29) is 9.09 Å². The summed E-state index contributed by atoms with van der Waals surface area (Å²) in [5.41, 5.74) is -0.412. The second-order valence-electron chi connectivity index (χ2n) is 5.15. The predicted octanol–water partition coefficient (Wildman–Crippen LogP) is 2.45. The maximum atomic E-state index is 12.2. The molecule has 0 spiro atoms. The minimum atomic E-state index is -3.63. The fraction of sp³-hybridized carbons (Fsp3) is 0.583. The monoisotopic (exact) mass is 303 g/mol. The van der Waals surface area contributed by atoms with Gasteiger partial charge < -0.3 is 5.11 Å². The van der Waals surface area contributed by atoms with E-state index in [9.17, 15) is 13.2 Å². The highest BCUT2D eigenvalue weighted by molar-refractivity contribution is 7.91. The van der Waals surface area contributed by atoms with Gasteiger partial charge >= 0.3 is 5.97 Å². The number of rotatable bonds is 4. The summed E-state index contributed by atoms with van der Waals surface area (Å²) in [5.74, 6) is -1.10. The van der Waals surface area contributed by atoms with E-state index in [2.05, 4.69) is 4.72 Å². The van der Waals surface area contributed by atoms with Crippen LogP contribution in [0.4, 0.5) is 0 Å². The number of carboxylic acids is 1. The Hall–Kier alpha value is -0.920. The molecule has 1 aromatic rings. The average Bonchev–Trinajstić information content (AvgIpc) is 2.78. The van der Waals surface area contributed by atoms with Gasteiger partial charge in [0.1, 0.15) is 9.09 Å². The van der Waals surface area contributed by atoms with Crippen LogP contribution in [0.2, 0.25) is 0 Å². The van der Waals surface area contributed by atoms with E-state index in [0.717, 1.165) is 43.4 Å². The predicted molar refractivity (Wildman–Crippen MR) is 73.1 cm³/mol. The molecule has 0 bridgehead atoms. The normalized spacial score (nSPS) is 19.2. The van der Waals surface area contributed by atoms with Gasteiger partial charge in [0, 0.05) is 5.54 Å². The summed E-state index contributed by atoms with van der Waals surface area (Å²) in [6.45, 7) is 1.91. The first-order valence-corrected chi connectivity index (χ1v) is 8.50. The summed E-state index contributed by atoms with van der Waals surface area (Å²) in [6.07, 6.45) is 4.82. The van der Waals surface area contributed by atoms with Crippen LogP contribution in [0, 0.1) is 0 Å². The second kappa shape index (κ2) is 5.22. The molecule has 1 fully saturated rings. The third kappa shape index (κ3) is 3.34. The van der Waals surface area contributed by atoms with E-state index < -0.39 is 21.5 Å². The maximum absolute atomic E-state index is 12.2. The molecule has 0 saturated heterocycles. The molecular weight excluding hydrogens is 286 g/mol. The number of sulfonamides is 1. The van der Waals surface area contributed by atoms with Crippen molar-refractivity contribution in [2.75, 3.05) is 0 Å². The molecule has 0 aliphatic heterocycles. The van der Waals surface area contributed by atoms with Crippen LogP contribution in [-0.4, -0.2) is 25.0 Å². The van der Waals surface area contributed by atoms with Gasteiger partial charge in [-0.25, -0.2) is 17.9 Å². The fourth-order valence-corrected chi connectivity index (χ4v) is 5.00. The topological polar surface area (TPSA) is 83.5 Å². The zero-order chi connectivity index (χ0) is 14.1. The smallest absolute Gasteiger partial charge is 0.345 e. The van der Waals surface area contributed by atoms with Gasteiger partial charge in [-0.1, -0.05) is 19.3 Å². The molecule has 1 aliphatic rings. The second-order valence-corrected chi connectivity index (χ2v) is 8.14. The highest BCUT2D eigenvalue weighted by atomic mass is 32.2. The molecule has 0 amide bonds. The first-order valence-electron chi connectivity index (χ1n) is 6.20. The Balaban J connectivity index is 2.19. The van der Waals surface area contributed by atoms with Crippen molar-refractivity contribution in [3.05, 3.63) is 17.0 Å². The van der Waals surface area contributed by atoms with Gasteiger partial charge in [0.2, 0.25) is 0 Å². The van der Waals surface area contributed by atoms with Crippen molar-refractivity contribution in [1.29, 1.82) is 0 Å². The van der Waals surface area contributed by atoms with Gasteiger partial charge in [-0.3, -0.25) is 0 Å². The molecule has 2 N–H and O–H groups in total. The molecule has 0 radical (unpaired) electrons. The first-order chi connectivity index (χ1) is 8.82. The van der Waals surface area contributed by atoms with E-state index in [0.29, 0.717) is 0 Å². The van der Waals surface area contributed by atoms with Crippen molar-refractivity contribution in [2.45, 2.75) is 48.8 Å². The molecule has 0 unspecified atom stereocenters. The molecule has 19 heavy (non-hydrogen) atoms. The van der Waals surface area contributed by atoms with Crippen LogP contribution in [0.25, 0.3) is 0 Å². The van der Waals surface area contributed by atoms with Crippen LogP contribution in [0.5, 0.6) is 0 Å². The fourth-order valence-electron chi connectivity index (χ4n) is 2.39. The number of hydrogen-bond acceptors (Lipinski definition) is 4. The Labute approximate surface area is 116 Å². The van der Waals surface area contributed by atoms with E-state index in [1.165, 1.54) is 12.1 Å². The Morgan fingerprint density at radius 1 is 1.32 bits per heavy atom. The quantitative estimate of drug-likeness (QED) is 0.895. The number of aromatic carboxylic acids is 1. The Morgan fingerprint density at radius 3 is 2.47 bits per heavy atom. The standard InChI is InChI=1S/C12H17NO4S2/c1-12(7-3-2-4-8-12)13-19(16,17)10-6-5-9(18-10)11(14)15/h5-6,13H,2-4,7-8H2,1H3,(H,14,15). The molecule has 1 heterocycles. The number of thiophene rings is 1. The van der Waals surface area contributed by atoms with E-state index in [1.54, 1.807) is 0 Å². The van der Waals surface area contributed by atoms with Crippen LogP contribution in [0.3, 0.4) is 0 Å². The summed E-state index contributed by atoms with van der Waals surface area (Å²) in [4.78, 5) is 10.8. The molecular formula is C12H17NO4S2. The van der Waals surface area contributed by atoms with Crippen LogP contribution >= 0.6 is 11.3 Å². The third-order valence-corrected chi connectivity index (χ3v) is 6.60. The minimum Gasteiger partial charge on any atom is -0.477 e. The van der Waals surface area contributed by atoms with Gasteiger partial charge in [0.15, 0.2) is 0 Å². The van der Waals surface area contributed by atoms with Gasteiger partial charge in [-0.05, 0) is 31.9 Å². The number of hydrogen-bond donors (Lipinski definition) is 2. The molecule has 1 saturated carbocycles. The lowest BCUT2D eigenvalue weighted by atomic mass is 9.84. The summed E-state index contributed by atoms with van der Waals surface area (Å²) >= 11 is 0.785. The Kier molecular flexibility index (Phi) is 3.98. The average molecular weight is 303 g/mol. The van der Waals surface area contributed by atoms with Crippen LogP contribution in [0.1, 0.15) is 48.7 Å². The lowest BCUT2D eigenvalue weighted by molar-refractivity contribution is 0.0702. The molecule has 106 valence electrons. The van der Waals surface area contributed by atoms with Crippen LogP contribution in [0.15, 0.2) is 16.3 Å². The lowest BCUT2D eigenvalue weighted by Crippen LogP contribution is -2.46. The molecule has 0 aromatic carbocycles. The van der Waals surface area contributed by atoms with Gasteiger partial charge in [-0.2, -0.15) is 0 Å². The maximum Gasteiger partial charge on any atom is 0.345 e. The Bertz CT molecular complexity index is 570. The largest absolute Gasteiger partial charge is 0.477 e. The molecule has 5 nitrogen and oxygen atoms in total. The highest BCUT2D eigenvalue weighted by Crippen LogP contribution is 2.30. The van der Waals surface area contributed by atoms with Gasteiger partial charge in [-0.15, -0.1) is 11.3 Å². The van der Waals surface area contributed by atoms with Crippen molar-refractivity contribution in [1.82, 2.24) is 4.72 Å². The summed E-state index contributed by atoms with van der Waals surface area (Å²) in [5, 5.41) is 8.83. The van der Waals surface area contributed by atoms with Crippen molar-refractivity contribution >= 4 is 27.3 Å². The van der Waals surface area contributed by atoms with Crippen molar-refractivity contribution in [2.24, 2.45) is 0 Å². The first kappa shape index (κ1) is 14.5. The highest BCUT2D eigenvalue weighted by Gasteiger charge is 2.32. The van der Waals surface area contributed by atoms with Crippen molar-refractivity contribution < 1.29 is 18.3 Å². The van der Waals surface area contributed by atoms with Crippen LogP contribution < -0.4 is 4.72 Å². The van der Waals surface area contributed by atoms with Crippen molar-refractivity contribution in [3.8, 4) is 0 Å². The summed E-state index contributed by atoms with van der Waals surface area (Å²) in [6, 6.07) is 2.67. The van der Waals surface area contributed by atoms with Crippen LogP contribution in [-0.2, 0) is 10.0 Å². The van der Waals surface area contributed by atoms with E-state index >= 15 is 0 Å². The number of carbonyl (C=O) groups is 1. The number of nitrogens with one attached hydrogen (secondary N) is 1. The van der Waals surface area contributed by atoms with E-state index in [1.807, 2.05) is 6.92 Å². The van der Waals surface area contributed by atoms with E-state index in [4.69, 9.17) is 5.11 Å². The third-order valence-electron chi connectivity index (χ3n) is 3.39. The molecule has 0 atom stereocenters. The number of carboxylic acid groups (broad SMARTS) is 1. The molecule has 1 aliphatic carbocycles. The lowest BCUT2D eigenvalue weighted by Gasteiger charge is -2.33. The molecule has 1 aromatic heterocycles. The summed E-state index contributed by atoms with van der Waals surface area (Å²) in [7, 11) is -3.63. The summed E-state index contributed by atoms with van der Waals surface area (Å²) < 4.78 is 27.3. The van der Waals surface area contributed by atoms with Gasteiger partial charge in [0.05, 0.1) is 0 Å². The zero-order valence-electron chi connectivity index (χ0n) is 10.7. The van der Waals surface area contributed by atoms with Crippen molar-refractivity contribution in [3.63, 3.8) is 0 Å². The minimum absolute atomic E-state index is 0.0363. The zero-order valence-corrected chi connectivity index (χ0v) is 12.3. The molecule has 7 heteroatoms. The van der Waals surface area contributed by atoms with Gasteiger partial charge in [0.25, 0.3) is 10.0 Å².